The van der Waals surface area contributed by atoms with Crippen molar-refractivity contribution in [3.05, 3.63) is 35.4 Å². The summed E-state index contributed by atoms with van der Waals surface area (Å²) >= 11 is 0. The van der Waals surface area contributed by atoms with Crippen molar-refractivity contribution in [3.8, 4) is 0 Å². The Morgan fingerprint density at radius 3 is 2.41 bits per heavy atom. The lowest BCUT2D eigenvalue weighted by atomic mass is 10.1. The lowest BCUT2D eigenvalue weighted by Crippen LogP contribution is -2.32. The summed E-state index contributed by atoms with van der Waals surface area (Å²) in [5.41, 5.74) is 0.723. The van der Waals surface area contributed by atoms with Crippen LogP contribution in [0.25, 0.3) is 0 Å². The average Bonchev–Trinajstić information content (AvgIpc) is 3.07. The number of nitrogens with one attached hydrogen (secondary N) is 1. The molecular weight excluding hydrogens is 220 g/mol. The molecule has 94 valence electrons. The minimum Gasteiger partial charge on any atom is -0.313 e. The summed E-state index contributed by atoms with van der Waals surface area (Å²) in [7, 11) is 0. The van der Waals surface area contributed by atoms with Crippen molar-refractivity contribution in [3.63, 3.8) is 0 Å². The maximum atomic E-state index is 13.0. The maximum Gasteiger partial charge on any atom is 0.126 e. The molecular formula is C14H19F2N. The molecule has 0 amide bonds. The zero-order chi connectivity index (χ0) is 12.3. The van der Waals surface area contributed by atoms with Crippen LogP contribution < -0.4 is 5.32 Å². The zero-order valence-electron chi connectivity index (χ0n) is 10.2. The van der Waals surface area contributed by atoms with Crippen LogP contribution in [0.3, 0.4) is 0 Å². The fourth-order valence-electron chi connectivity index (χ4n) is 2.30. The predicted octanol–water partition coefficient (Wildman–Crippen LogP) is 3.29. The largest absolute Gasteiger partial charge is 0.313 e. The molecule has 0 aliphatic heterocycles. The van der Waals surface area contributed by atoms with Crippen LogP contribution in [0.2, 0.25) is 0 Å². The van der Waals surface area contributed by atoms with Crippen LogP contribution >= 0.6 is 0 Å². The van der Waals surface area contributed by atoms with E-state index in [2.05, 4.69) is 12.2 Å². The quantitative estimate of drug-likeness (QED) is 0.803. The van der Waals surface area contributed by atoms with Gasteiger partial charge in [-0.3, -0.25) is 0 Å². The van der Waals surface area contributed by atoms with Crippen LogP contribution in [0.4, 0.5) is 8.78 Å². The zero-order valence-corrected chi connectivity index (χ0v) is 10.2. The molecule has 0 aromatic heterocycles. The summed E-state index contributed by atoms with van der Waals surface area (Å²) in [4.78, 5) is 0. The molecule has 0 saturated heterocycles. The smallest absolute Gasteiger partial charge is 0.126 e. The lowest BCUT2D eigenvalue weighted by Gasteiger charge is -2.15. The normalized spacial score (nSPS) is 17.1. The molecule has 1 N–H and O–H groups in total. The molecule has 1 aromatic carbocycles. The van der Waals surface area contributed by atoms with Gasteiger partial charge in [-0.25, -0.2) is 8.78 Å². The fourth-order valence-corrected chi connectivity index (χ4v) is 2.30. The van der Waals surface area contributed by atoms with E-state index in [0.29, 0.717) is 12.5 Å². The average molecular weight is 239 g/mol. The molecule has 2 rings (SSSR count). The minimum absolute atomic E-state index is 0.491. The molecule has 1 aliphatic rings. The van der Waals surface area contributed by atoms with Gasteiger partial charge in [0.2, 0.25) is 0 Å². The molecule has 1 aliphatic carbocycles. The standard InChI is InChI=1S/C14H19F2N/c1-2-14(11-3-4-11)17-6-5-10-7-12(15)9-13(16)8-10/h7-9,11,14,17H,2-6H2,1H3. The molecule has 1 atom stereocenters. The van der Waals surface area contributed by atoms with Gasteiger partial charge >= 0.3 is 0 Å². The SMILES string of the molecule is CCC(NCCc1cc(F)cc(F)c1)C1CC1. The van der Waals surface area contributed by atoms with Crippen molar-refractivity contribution >= 4 is 0 Å². The van der Waals surface area contributed by atoms with E-state index in [1.807, 2.05) is 0 Å². The highest BCUT2D eigenvalue weighted by Crippen LogP contribution is 2.33. The van der Waals surface area contributed by atoms with Gasteiger partial charge in [-0.2, -0.15) is 0 Å². The topological polar surface area (TPSA) is 12.0 Å². The third-order valence-electron chi connectivity index (χ3n) is 3.37. The van der Waals surface area contributed by atoms with Gasteiger partial charge in [0.05, 0.1) is 0 Å². The monoisotopic (exact) mass is 239 g/mol. The van der Waals surface area contributed by atoms with E-state index in [-0.39, 0.29) is 0 Å². The Balaban J connectivity index is 1.80. The van der Waals surface area contributed by atoms with E-state index in [4.69, 9.17) is 0 Å². The highest BCUT2D eigenvalue weighted by atomic mass is 19.1. The Morgan fingerprint density at radius 2 is 1.88 bits per heavy atom. The van der Waals surface area contributed by atoms with Crippen molar-refractivity contribution in [2.45, 2.75) is 38.6 Å². The van der Waals surface area contributed by atoms with E-state index in [1.54, 1.807) is 0 Å². The molecule has 1 aromatic rings. The summed E-state index contributed by atoms with van der Waals surface area (Å²) in [6.07, 6.45) is 4.44. The predicted molar refractivity (Wildman–Crippen MR) is 64.9 cm³/mol. The maximum absolute atomic E-state index is 13.0. The Kier molecular flexibility index (Phi) is 4.11. The van der Waals surface area contributed by atoms with Crippen LogP contribution in [-0.2, 0) is 6.42 Å². The van der Waals surface area contributed by atoms with Gasteiger partial charge < -0.3 is 5.32 Å². The third-order valence-corrected chi connectivity index (χ3v) is 3.37. The highest BCUT2D eigenvalue weighted by Gasteiger charge is 2.29. The first-order chi connectivity index (χ1) is 8.19. The fraction of sp³-hybridized carbons (Fsp3) is 0.571. The van der Waals surface area contributed by atoms with Gasteiger partial charge in [0.15, 0.2) is 0 Å². The van der Waals surface area contributed by atoms with Gasteiger partial charge in [0, 0.05) is 12.1 Å². The van der Waals surface area contributed by atoms with E-state index in [0.717, 1.165) is 30.5 Å². The van der Waals surface area contributed by atoms with Gasteiger partial charge in [-0.15, -0.1) is 0 Å². The van der Waals surface area contributed by atoms with E-state index < -0.39 is 11.6 Å². The highest BCUT2D eigenvalue weighted by molar-refractivity contribution is 5.18. The molecule has 0 radical (unpaired) electrons. The van der Waals surface area contributed by atoms with E-state index >= 15 is 0 Å². The van der Waals surface area contributed by atoms with Crippen LogP contribution in [-0.4, -0.2) is 12.6 Å². The Labute approximate surface area is 101 Å². The third kappa shape index (κ3) is 3.77. The number of benzene rings is 1. The summed E-state index contributed by atoms with van der Waals surface area (Å²) in [5.74, 6) is -0.160. The second-order valence-corrected chi connectivity index (χ2v) is 4.83. The van der Waals surface area contributed by atoms with Crippen molar-refractivity contribution in [2.75, 3.05) is 6.54 Å². The van der Waals surface area contributed by atoms with Gasteiger partial charge in [0.1, 0.15) is 11.6 Å². The van der Waals surface area contributed by atoms with Crippen molar-refractivity contribution in [1.29, 1.82) is 0 Å². The van der Waals surface area contributed by atoms with Gasteiger partial charge in [-0.05, 0) is 55.8 Å². The second-order valence-electron chi connectivity index (χ2n) is 4.83. The van der Waals surface area contributed by atoms with Gasteiger partial charge in [-0.1, -0.05) is 6.92 Å². The van der Waals surface area contributed by atoms with Crippen LogP contribution in [0.15, 0.2) is 18.2 Å². The summed E-state index contributed by atoms with van der Waals surface area (Å²) in [6.45, 7) is 2.97. The Hall–Kier alpha value is -0.960. The first-order valence-corrected chi connectivity index (χ1v) is 6.37. The first kappa shape index (κ1) is 12.5. The molecule has 0 heterocycles. The van der Waals surface area contributed by atoms with E-state index in [1.165, 1.54) is 25.0 Å². The molecule has 17 heavy (non-hydrogen) atoms. The number of hydrogen-bond acceptors (Lipinski definition) is 1. The molecule has 1 saturated carbocycles. The molecule has 1 unspecified atom stereocenters. The lowest BCUT2D eigenvalue weighted by molar-refractivity contribution is 0.452. The summed E-state index contributed by atoms with van der Waals surface area (Å²) < 4.78 is 25.9. The van der Waals surface area contributed by atoms with Crippen molar-refractivity contribution in [2.24, 2.45) is 5.92 Å². The molecule has 0 spiro atoms. The molecule has 3 heteroatoms. The van der Waals surface area contributed by atoms with Crippen molar-refractivity contribution in [1.82, 2.24) is 5.32 Å². The van der Waals surface area contributed by atoms with Crippen LogP contribution in [0, 0.1) is 17.6 Å². The van der Waals surface area contributed by atoms with Gasteiger partial charge in [0.25, 0.3) is 0 Å². The number of rotatable bonds is 6. The molecule has 1 nitrogen and oxygen atoms in total. The van der Waals surface area contributed by atoms with E-state index in [9.17, 15) is 8.78 Å². The number of hydrogen-bond donors (Lipinski definition) is 1. The molecule has 0 bridgehead atoms. The Bertz CT molecular complexity index is 354. The summed E-state index contributed by atoms with van der Waals surface area (Å²) in [5, 5.41) is 3.47. The first-order valence-electron chi connectivity index (χ1n) is 6.37. The van der Waals surface area contributed by atoms with Crippen molar-refractivity contribution < 1.29 is 8.78 Å². The Morgan fingerprint density at radius 1 is 1.24 bits per heavy atom. The second kappa shape index (κ2) is 5.58. The summed E-state index contributed by atoms with van der Waals surface area (Å²) in [6, 6.07) is 4.30. The van der Waals surface area contributed by atoms with Crippen LogP contribution in [0.1, 0.15) is 31.7 Å². The van der Waals surface area contributed by atoms with Crippen LogP contribution in [0.5, 0.6) is 0 Å². The minimum atomic E-state index is -0.491. The molecule has 1 fully saturated rings. The number of halogens is 2.